The number of rotatable bonds is 6. The quantitative estimate of drug-likeness (QED) is 0.802. The van der Waals surface area contributed by atoms with Gasteiger partial charge in [-0.25, -0.2) is 8.42 Å². The first-order valence-electron chi connectivity index (χ1n) is 6.10. The van der Waals surface area contributed by atoms with Crippen molar-refractivity contribution in [3.8, 4) is 5.75 Å². The second-order valence-electron chi connectivity index (χ2n) is 4.48. The molecule has 0 aromatic heterocycles. The van der Waals surface area contributed by atoms with E-state index in [1.54, 1.807) is 7.11 Å². The van der Waals surface area contributed by atoms with Crippen molar-refractivity contribution in [3.63, 3.8) is 0 Å². The number of hydrogen-bond donors (Lipinski definition) is 1. The minimum absolute atomic E-state index is 0.0613. The smallest absolute Gasteiger partial charge is 0.244 e. The van der Waals surface area contributed by atoms with Crippen molar-refractivity contribution in [2.45, 2.75) is 6.92 Å². The van der Waals surface area contributed by atoms with Gasteiger partial charge < -0.3 is 10.1 Å². The topological polar surface area (TPSA) is 72.5 Å². The Bertz CT molecular complexity index is 588. The normalized spacial score (nSPS) is 12.1. The van der Waals surface area contributed by atoms with Crippen LogP contribution in [0.2, 0.25) is 0 Å². The zero-order valence-corrected chi connectivity index (χ0v) is 12.7. The Balaban J connectivity index is 2.60. The van der Waals surface area contributed by atoms with Gasteiger partial charge in [0.25, 0.3) is 0 Å². The summed E-state index contributed by atoms with van der Waals surface area (Å²) < 4.78 is 26.9. The second-order valence-corrected chi connectivity index (χ2v) is 6.74. The zero-order chi connectivity index (χ0) is 15.2. The number of amides is 1. The molecule has 0 aliphatic heterocycles. The van der Waals surface area contributed by atoms with Gasteiger partial charge >= 0.3 is 0 Å². The van der Waals surface area contributed by atoms with Crippen LogP contribution in [-0.4, -0.2) is 40.0 Å². The van der Waals surface area contributed by atoms with E-state index < -0.39 is 9.84 Å². The first-order valence-corrected chi connectivity index (χ1v) is 8.16. The Labute approximate surface area is 119 Å². The third-order valence-corrected chi connectivity index (χ3v) is 3.61. The number of methoxy groups -OCH3 is 1. The number of sulfone groups is 1. The average molecular weight is 297 g/mol. The fraction of sp³-hybridized carbons (Fsp3) is 0.357. The molecule has 0 radical (unpaired) electrons. The first-order chi connectivity index (χ1) is 9.31. The molecule has 0 atom stereocenters. The lowest BCUT2D eigenvalue weighted by Crippen LogP contribution is -2.27. The summed E-state index contributed by atoms with van der Waals surface area (Å²) in [5.41, 5.74) is 1.70. The molecule has 0 fully saturated rings. The van der Waals surface area contributed by atoms with Gasteiger partial charge in [0.05, 0.1) is 12.9 Å². The SMILES string of the molecule is COc1ccc(/C(C)=C/C(=O)NCCS(C)(=O)=O)cc1. The third kappa shape index (κ3) is 5.88. The first kappa shape index (κ1) is 16.2. The molecule has 0 aliphatic carbocycles. The molecule has 1 N–H and O–H groups in total. The number of allylic oxidation sites excluding steroid dienone is 1. The van der Waals surface area contributed by atoms with Crippen LogP contribution < -0.4 is 10.1 Å². The summed E-state index contributed by atoms with van der Waals surface area (Å²) in [7, 11) is -1.47. The van der Waals surface area contributed by atoms with Crippen molar-refractivity contribution in [1.82, 2.24) is 5.32 Å². The van der Waals surface area contributed by atoms with Gasteiger partial charge in [-0.05, 0) is 30.2 Å². The van der Waals surface area contributed by atoms with Crippen LogP contribution in [0.15, 0.2) is 30.3 Å². The van der Waals surface area contributed by atoms with E-state index in [-0.39, 0.29) is 18.2 Å². The molecule has 0 heterocycles. The van der Waals surface area contributed by atoms with Crippen LogP contribution in [0, 0.1) is 0 Å². The summed E-state index contributed by atoms with van der Waals surface area (Å²) >= 11 is 0. The summed E-state index contributed by atoms with van der Waals surface area (Å²) in [6.07, 6.45) is 2.59. The van der Waals surface area contributed by atoms with E-state index in [1.165, 1.54) is 6.08 Å². The highest BCUT2D eigenvalue weighted by molar-refractivity contribution is 7.90. The molecular weight excluding hydrogens is 278 g/mol. The van der Waals surface area contributed by atoms with E-state index in [2.05, 4.69) is 5.32 Å². The Hall–Kier alpha value is -1.82. The van der Waals surface area contributed by atoms with Crippen LogP contribution in [0.1, 0.15) is 12.5 Å². The molecule has 1 rings (SSSR count). The molecule has 1 amide bonds. The predicted octanol–water partition coefficient (Wildman–Crippen LogP) is 1.26. The van der Waals surface area contributed by atoms with Gasteiger partial charge in [-0.1, -0.05) is 12.1 Å². The molecule has 0 saturated carbocycles. The fourth-order valence-electron chi connectivity index (χ4n) is 1.54. The largest absolute Gasteiger partial charge is 0.497 e. The Morgan fingerprint density at radius 1 is 1.30 bits per heavy atom. The van der Waals surface area contributed by atoms with Crippen molar-refractivity contribution in [3.05, 3.63) is 35.9 Å². The maximum absolute atomic E-state index is 11.6. The molecule has 1 aromatic carbocycles. The van der Waals surface area contributed by atoms with Gasteiger partial charge in [0, 0.05) is 18.9 Å². The van der Waals surface area contributed by atoms with E-state index >= 15 is 0 Å². The van der Waals surface area contributed by atoms with Crippen molar-refractivity contribution in [1.29, 1.82) is 0 Å². The summed E-state index contributed by atoms with van der Waals surface area (Å²) in [6.45, 7) is 1.93. The molecule has 1 aromatic rings. The summed E-state index contributed by atoms with van der Waals surface area (Å²) in [5.74, 6) is 0.384. The molecule has 110 valence electrons. The fourth-order valence-corrected chi connectivity index (χ4v) is 2.02. The Morgan fingerprint density at radius 3 is 2.40 bits per heavy atom. The van der Waals surface area contributed by atoms with Crippen molar-refractivity contribution in [2.24, 2.45) is 0 Å². The number of carbonyl (C=O) groups excluding carboxylic acids is 1. The van der Waals surface area contributed by atoms with E-state index in [9.17, 15) is 13.2 Å². The number of ether oxygens (including phenoxy) is 1. The standard InChI is InChI=1S/C14H19NO4S/c1-11(12-4-6-13(19-2)7-5-12)10-14(16)15-8-9-20(3,17)18/h4-7,10H,8-9H2,1-3H3,(H,15,16)/b11-10+. The minimum Gasteiger partial charge on any atom is -0.497 e. The highest BCUT2D eigenvalue weighted by atomic mass is 32.2. The highest BCUT2D eigenvalue weighted by Crippen LogP contribution is 2.17. The molecule has 0 bridgehead atoms. The van der Waals surface area contributed by atoms with E-state index in [0.717, 1.165) is 23.1 Å². The van der Waals surface area contributed by atoms with Crippen LogP contribution in [0.3, 0.4) is 0 Å². The van der Waals surface area contributed by atoms with Crippen molar-refractivity contribution >= 4 is 21.3 Å². The Kier molecular flexibility index (Phi) is 5.76. The molecule has 0 aliphatic rings. The molecule has 0 saturated heterocycles. The lowest BCUT2D eigenvalue weighted by atomic mass is 10.1. The number of benzene rings is 1. The number of carbonyl (C=O) groups is 1. The van der Waals surface area contributed by atoms with Crippen LogP contribution in [-0.2, 0) is 14.6 Å². The monoisotopic (exact) mass is 297 g/mol. The Morgan fingerprint density at radius 2 is 1.90 bits per heavy atom. The van der Waals surface area contributed by atoms with Gasteiger partial charge in [0.1, 0.15) is 15.6 Å². The summed E-state index contributed by atoms with van der Waals surface area (Å²) in [6, 6.07) is 7.34. The second kappa shape index (κ2) is 7.09. The lowest BCUT2D eigenvalue weighted by Gasteiger charge is -2.05. The van der Waals surface area contributed by atoms with Crippen LogP contribution >= 0.6 is 0 Å². The third-order valence-electron chi connectivity index (χ3n) is 2.67. The number of nitrogens with one attached hydrogen (secondary N) is 1. The maximum atomic E-state index is 11.6. The van der Waals surface area contributed by atoms with Crippen LogP contribution in [0.4, 0.5) is 0 Å². The molecule has 20 heavy (non-hydrogen) atoms. The van der Waals surface area contributed by atoms with E-state index in [1.807, 2.05) is 31.2 Å². The molecule has 6 heteroatoms. The van der Waals surface area contributed by atoms with E-state index in [0.29, 0.717) is 0 Å². The number of hydrogen-bond acceptors (Lipinski definition) is 4. The van der Waals surface area contributed by atoms with Crippen molar-refractivity contribution < 1.29 is 17.9 Å². The van der Waals surface area contributed by atoms with Crippen LogP contribution in [0.5, 0.6) is 5.75 Å². The van der Waals surface area contributed by atoms with Crippen molar-refractivity contribution in [2.75, 3.05) is 25.7 Å². The molecule has 0 unspecified atom stereocenters. The molecule has 5 nitrogen and oxygen atoms in total. The maximum Gasteiger partial charge on any atom is 0.244 e. The average Bonchev–Trinajstić information content (AvgIpc) is 2.37. The van der Waals surface area contributed by atoms with Gasteiger partial charge in [-0.2, -0.15) is 0 Å². The minimum atomic E-state index is -3.06. The molecule has 0 spiro atoms. The van der Waals surface area contributed by atoms with Crippen LogP contribution in [0.25, 0.3) is 5.57 Å². The lowest BCUT2D eigenvalue weighted by molar-refractivity contribution is -0.116. The highest BCUT2D eigenvalue weighted by Gasteiger charge is 2.04. The van der Waals surface area contributed by atoms with Gasteiger partial charge in [0.2, 0.25) is 5.91 Å². The summed E-state index contributed by atoms with van der Waals surface area (Å²) in [4.78, 5) is 11.6. The van der Waals surface area contributed by atoms with Gasteiger partial charge in [0.15, 0.2) is 0 Å². The van der Waals surface area contributed by atoms with Gasteiger partial charge in [-0.15, -0.1) is 0 Å². The molecular formula is C14H19NO4S. The zero-order valence-electron chi connectivity index (χ0n) is 11.8. The van der Waals surface area contributed by atoms with E-state index in [4.69, 9.17) is 4.74 Å². The van der Waals surface area contributed by atoms with Gasteiger partial charge in [-0.3, -0.25) is 4.79 Å². The summed E-state index contributed by atoms with van der Waals surface area (Å²) in [5, 5.41) is 2.54. The predicted molar refractivity (Wildman–Crippen MR) is 79.4 cm³/mol.